The Kier molecular flexibility index (Phi) is 4.62. The van der Waals surface area contributed by atoms with Gasteiger partial charge in [0.2, 0.25) is 5.88 Å². The molecule has 2 heterocycles. The van der Waals surface area contributed by atoms with Gasteiger partial charge in [-0.1, -0.05) is 12.0 Å². The molecule has 5 rings (SSSR count). The van der Waals surface area contributed by atoms with Gasteiger partial charge in [0.25, 0.3) is 0 Å². The molecule has 0 saturated heterocycles. The number of rotatable bonds is 4. The van der Waals surface area contributed by atoms with Crippen LogP contribution in [0.5, 0.6) is 5.88 Å². The zero-order valence-electron chi connectivity index (χ0n) is 15.8. The smallest absolute Gasteiger partial charge is 0.352 e. The van der Waals surface area contributed by atoms with Gasteiger partial charge >= 0.3 is 6.03 Å². The number of aromatic nitrogens is 2. The average molecular weight is 411 g/mol. The summed E-state index contributed by atoms with van der Waals surface area (Å²) >= 11 is 0. The number of aryl methyl sites for hydroxylation is 2. The second-order valence-corrected chi connectivity index (χ2v) is 8.56. The molecule has 0 saturated carbocycles. The summed E-state index contributed by atoms with van der Waals surface area (Å²) in [4.78, 5) is 13.2. The van der Waals surface area contributed by atoms with E-state index >= 15 is 0 Å². The van der Waals surface area contributed by atoms with Gasteiger partial charge in [-0.2, -0.15) is 9.46 Å². The van der Waals surface area contributed by atoms with E-state index in [0.29, 0.717) is 23.9 Å². The maximum absolute atomic E-state index is 12.6. The van der Waals surface area contributed by atoms with E-state index < -0.39 is 16.9 Å². The molecular formula is C20H21N5O3S. The number of carbonyl (C=O) groups excluding carboxylic acids is 1. The molecule has 3 N–H and O–H groups in total. The first kappa shape index (κ1) is 18.4. The van der Waals surface area contributed by atoms with Gasteiger partial charge in [0.15, 0.2) is 0 Å². The van der Waals surface area contributed by atoms with Crippen molar-refractivity contribution in [3.8, 4) is 18.2 Å². The third-order valence-electron chi connectivity index (χ3n) is 5.60. The van der Waals surface area contributed by atoms with Crippen LogP contribution in [-0.2, 0) is 47.8 Å². The maximum Gasteiger partial charge on any atom is 0.352 e. The van der Waals surface area contributed by atoms with Crippen LogP contribution in [-0.4, -0.2) is 35.1 Å². The molecule has 3 aliphatic rings. The Bertz CT molecular complexity index is 1050. The van der Waals surface area contributed by atoms with Crippen molar-refractivity contribution in [2.24, 2.45) is 9.50 Å². The van der Waals surface area contributed by atoms with Crippen molar-refractivity contribution in [3.05, 3.63) is 34.5 Å². The SMILES string of the molecule is C#CCOC1COc2c(S(N)=NC(=O)Nc3c4c(cc5c3CC5)CC4)cnn2C1. The van der Waals surface area contributed by atoms with Crippen molar-refractivity contribution in [3.63, 3.8) is 0 Å². The highest BCUT2D eigenvalue weighted by Gasteiger charge is 2.28. The minimum absolute atomic E-state index is 0.166. The molecule has 9 heteroatoms. The van der Waals surface area contributed by atoms with E-state index in [4.69, 9.17) is 21.0 Å². The molecule has 2 aliphatic carbocycles. The standard InChI is InChI=1S/C20H21N5O3S/c1-2-7-27-14-10-25-19(28-11-14)17(9-22-25)29(21)24-20(26)23-18-15-5-3-12(15)8-13-4-6-16(13)18/h1,8-9,14H,3-7,10-11H2,(H3,21,23,24,26). The number of fused-ring (bicyclic) bond motifs is 3. The van der Waals surface area contributed by atoms with Gasteiger partial charge in [0.05, 0.1) is 12.7 Å². The van der Waals surface area contributed by atoms with Crippen LogP contribution in [0, 0.1) is 12.3 Å². The average Bonchev–Trinajstić information content (AvgIpc) is 3.07. The fourth-order valence-corrected chi connectivity index (χ4v) is 4.77. The topological polar surface area (TPSA) is 104 Å². The van der Waals surface area contributed by atoms with Gasteiger partial charge in [0, 0.05) is 16.6 Å². The highest BCUT2D eigenvalue weighted by molar-refractivity contribution is 7.85. The Labute approximate surface area is 171 Å². The van der Waals surface area contributed by atoms with Gasteiger partial charge in [-0.15, -0.1) is 6.42 Å². The third-order valence-corrected chi connectivity index (χ3v) is 6.69. The van der Waals surface area contributed by atoms with Crippen molar-refractivity contribution in [2.75, 3.05) is 18.5 Å². The molecule has 29 heavy (non-hydrogen) atoms. The first-order chi connectivity index (χ1) is 14.1. The summed E-state index contributed by atoms with van der Waals surface area (Å²) in [5.41, 5.74) is 6.11. The van der Waals surface area contributed by atoms with Crippen molar-refractivity contribution >= 4 is 22.6 Å². The van der Waals surface area contributed by atoms with E-state index in [1.807, 2.05) is 0 Å². The molecular weight excluding hydrogens is 390 g/mol. The van der Waals surface area contributed by atoms with Crippen molar-refractivity contribution in [1.82, 2.24) is 9.78 Å². The zero-order valence-corrected chi connectivity index (χ0v) is 16.6. The first-order valence-corrected chi connectivity index (χ1v) is 10.8. The molecule has 1 aliphatic heterocycles. The van der Waals surface area contributed by atoms with Crippen LogP contribution in [0.25, 0.3) is 0 Å². The molecule has 2 unspecified atom stereocenters. The van der Waals surface area contributed by atoms with Crippen LogP contribution < -0.4 is 15.2 Å². The molecule has 0 fully saturated rings. The summed E-state index contributed by atoms with van der Waals surface area (Å²) in [6.45, 7) is 1.09. The molecule has 150 valence electrons. The van der Waals surface area contributed by atoms with Gasteiger partial charge in [-0.05, 0) is 47.9 Å². The monoisotopic (exact) mass is 411 g/mol. The minimum Gasteiger partial charge on any atom is -0.474 e. The van der Waals surface area contributed by atoms with Gasteiger partial charge in [-0.25, -0.2) is 9.48 Å². The molecule has 2 aromatic rings. The number of hydrogen-bond donors (Lipinski definition) is 2. The van der Waals surface area contributed by atoms with Crippen LogP contribution >= 0.6 is 0 Å². The lowest BCUT2D eigenvalue weighted by Crippen LogP contribution is -2.33. The summed E-state index contributed by atoms with van der Waals surface area (Å²) in [5.74, 6) is 2.97. The third kappa shape index (κ3) is 3.23. The van der Waals surface area contributed by atoms with E-state index in [2.05, 4.69) is 26.8 Å². The second-order valence-electron chi connectivity index (χ2n) is 7.31. The largest absolute Gasteiger partial charge is 0.474 e. The first-order valence-electron chi connectivity index (χ1n) is 9.55. The molecule has 1 aromatic heterocycles. The van der Waals surface area contributed by atoms with E-state index in [9.17, 15) is 4.79 Å². The van der Waals surface area contributed by atoms with Gasteiger partial charge in [0.1, 0.15) is 24.2 Å². The Morgan fingerprint density at radius 3 is 2.83 bits per heavy atom. The lowest BCUT2D eigenvalue weighted by Gasteiger charge is -2.31. The van der Waals surface area contributed by atoms with E-state index in [0.717, 1.165) is 31.4 Å². The highest BCUT2D eigenvalue weighted by atomic mass is 32.2. The Morgan fingerprint density at radius 2 is 2.17 bits per heavy atom. The van der Waals surface area contributed by atoms with E-state index in [-0.39, 0.29) is 12.7 Å². The van der Waals surface area contributed by atoms with Crippen LogP contribution in [0.15, 0.2) is 21.5 Å². The molecule has 2 amide bonds. The number of carbonyl (C=O) groups is 1. The van der Waals surface area contributed by atoms with E-state index in [1.165, 1.54) is 22.3 Å². The van der Waals surface area contributed by atoms with Crippen LogP contribution in [0.4, 0.5) is 10.5 Å². The second kappa shape index (κ2) is 7.30. The number of nitrogens with zero attached hydrogens (tertiary/aromatic N) is 3. The number of benzene rings is 1. The van der Waals surface area contributed by atoms with Crippen molar-refractivity contribution in [2.45, 2.75) is 43.2 Å². The zero-order chi connectivity index (χ0) is 20.0. The number of nitrogens with two attached hydrogens (primary N) is 1. The fourth-order valence-electron chi connectivity index (χ4n) is 3.95. The number of amides is 2. The molecule has 2 atom stereocenters. The molecule has 0 bridgehead atoms. The van der Waals surface area contributed by atoms with Crippen molar-refractivity contribution < 1.29 is 14.3 Å². The van der Waals surface area contributed by atoms with Crippen LogP contribution in [0.1, 0.15) is 22.3 Å². The highest BCUT2D eigenvalue weighted by Crippen LogP contribution is 2.40. The summed E-state index contributed by atoms with van der Waals surface area (Å²) in [6.07, 6.45) is 10.8. The molecule has 1 aromatic carbocycles. The number of ether oxygens (including phenoxy) is 2. The summed E-state index contributed by atoms with van der Waals surface area (Å²) in [5, 5.41) is 13.5. The number of terminal acetylenes is 1. The summed E-state index contributed by atoms with van der Waals surface area (Å²) in [7, 11) is -1.17. The number of hydrogen-bond acceptors (Lipinski definition) is 4. The molecule has 0 spiro atoms. The Morgan fingerprint density at radius 1 is 1.41 bits per heavy atom. The lowest BCUT2D eigenvalue weighted by molar-refractivity contribution is 0.00166. The Hall–Kier alpha value is -2.67. The van der Waals surface area contributed by atoms with Crippen LogP contribution in [0.2, 0.25) is 0 Å². The van der Waals surface area contributed by atoms with Gasteiger partial charge in [-0.3, -0.25) is 5.14 Å². The van der Waals surface area contributed by atoms with E-state index in [1.54, 1.807) is 10.9 Å². The summed E-state index contributed by atoms with van der Waals surface area (Å²) in [6, 6.07) is 1.84. The predicted molar refractivity (Wildman–Crippen MR) is 109 cm³/mol. The number of urea groups is 1. The Balaban J connectivity index is 1.32. The quantitative estimate of drug-likeness (QED) is 0.746. The lowest BCUT2D eigenvalue weighted by atomic mass is 9.76. The van der Waals surface area contributed by atoms with Gasteiger partial charge < -0.3 is 14.8 Å². The number of anilines is 1. The predicted octanol–water partition coefficient (Wildman–Crippen LogP) is 1.76. The maximum atomic E-state index is 12.6. The molecule has 8 nitrogen and oxygen atoms in total. The summed E-state index contributed by atoms with van der Waals surface area (Å²) < 4.78 is 17.1. The van der Waals surface area contributed by atoms with Crippen molar-refractivity contribution in [1.29, 1.82) is 0 Å². The normalized spacial score (nSPS) is 19.5. The molecule has 0 radical (unpaired) electrons. The van der Waals surface area contributed by atoms with Crippen LogP contribution in [0.3, 0.4) is 0 Å². The number of nitrogens with one attached hydrogen (secondary N) is 1. The minimum atomic E-state index is -1.17. The fraction of sp³-hybridized carbons (Fsp3) is 0.400.